The second-order valence-electron chi connectivity index (χ2n) is 3.42. The van der Waals surface area contributed by atoms with Crippen LogP contribution in [-0.2, 0) is 12.8 Å². The molecule has 2 aliphatic carbocycles. The fraction of sp³-hybridized carbons (Fsp3) is 0.400. The largest absolute Gasteiger partial charge is 0.344 e. The van der Waals surface area contributed by atoms with Crippen LogP contribution in [0, 0.1) is 0 Å². The fourth-order valence-corrected chi connectivity index (χ4v) is 2.33. The van der Waals surface area contributed by atoms with Gasteiger partial charge in [-0.2, -0.15) is 0 Å². The number of benzene rings is 1. The van der Waals surface area contributed by atoms with E-state index >= 15 is 0 Å². The number of hydrogen-bond donors (Lipinski definition) is 1. The van der Waals surface area contributed by atoms with Crippen molar-refractivity contribution in [2.24, 2.45) is 0 Å². The minimum absolute atomic E-state index is 0. The molecule has 0 radical (unpaired) electrons. The smallest absolute Gasteiger partial charge is 0.0115 e. The first-order valence-corrected chi connectivity index (χ1v) is 4.06. The van der Waals surface area contributed by atoms with Crippen molar-refractivity contribution < 1.29 is 0 Å². The molecule has 3 rings (SSSR count). The summed E-state index contributed by atoms with van der Waals surface area (Å²) in [5.74, 6) is 0.948. The maximum atomic E-state index is 2.30. The van der Waals surface area contributed by atoms with E-state index in [9.17, 15) is 0 Å². The molecule has 1 aromatic carbocycles. The average molecular weight is 147 g/mol. The lowest BCUT2D eigenvalue weighted by Crippen LogP contribution is -2.24. The molecule has 1 unspecified atom stereocenters. The summed E-state index contributed by atoms with van der Waals surface area (Å²) in [6, 6.07) is 6.79. The quantitative estimate of drug-likeness (QED) is 0.601. The molecule has 0 fully saturated rings. The van der Waals surface area contributed by atoms with E-state index in [1.165, 1.54) is 19.3 Å². The van der Waals surface area contributed by atoms with Gasteiger partial charge in [-0.1, -0.05) is 18.2 Å². The predicted octanol–water partition coefficient (Wildman–Crippen LogP) is 2.43. The van der Waals surface area contributed by atoms with Crippen LogP contribution in [0.1, 0.15) is 29.0 Å². The van der Waals surface area contributed by atoms with Gasteiger partial charge in [0, 0.05) is 0 Å². The van der Waals surface area contributed by atoms with Crippen LogP contribution in [0.15, 0.2) is 18.2 Å². The van der Waals surface area contributed by atoms with Crippen LogP contribution < -0.4 is 6.15 Å². The van der Waals surface area contributed by atoms with Crippen molar-refractivity contribution in [2.45, 2.75) is 25.2 Å². The lowest BCUT2D eigenvalue weighted by molar-refractivity contribution is 0.514. The molecule has 0 saturated heterocycles. The second-order valence-corrected chi connectivity index (χ2v) is 3.42. The summed E-state index contributed by atoms with van der Waals surface area (Å²) in [6.07, 6.45) is 4.13. The summed E-state index contributed by atoms with van der Waals surface area (Å²) >= 11 is 0. The standard InChI is InChI=1S/C10H10.H3N/c1-2-7-4-5-8-6-10(7)9(8)3-1;/h1-3,8H,4-6H2;1H3. The zero-order valence-electron chi connectivity index (χ0n) is 6.64. The third-order valence-electron chi connectivity index (χ3n) is 2.96. The third kappa shape index (κ3) is 0.690. The Morgan fingerprint density at radius 3 is 2.82 bits per heavy atom. The van der Waals surface area contributed by atoms with Crippen LogP contribution in [0.25, 0.3) is 0 Å². The molecule has 2 aliphatic rings. The highest BCUT2D eigenvalue weighted by atomic mass is 14.4. The summed E-state index contributed by atoms with van der Waals surface area (Å²) in [5, 5.41) is 0. The average Bonchev–Trinajstić information content (AvgIpc) is 1.96. The van der Waals surface area contributed by atoms with E-state index in [0.29, 0.717) is 0 Å². The van der Waals surface area contributed by atoms with Gasteiger partial charge < -0.3 is 6.15 Å². The summed E-state index contributed by atoms with van der Waals surface area (Å²) in [4.78, 5) is 0. The lowest BCUT2D eigenvalue weighted by atomic mass is 9.67. The molecule has 0 spiro atoms. The molecule has 0 amide bonds. The van der Waals surface area contributed by atoms with Crippen molar-refractivity contribution in [1.82, 2.24) is 6.15 Å². The van der Waals surface area contributed by atoms with Crippen LogP contribution in [0.4, 0.5) is 0 Å². The van der Waals surface area contributed by atoms with Gasteiger partial charge in [0.15, 0.2) is 0 Å². The van der Waals surface area contributed by atoms with Crippen LogP contribution >= 0.6 is 0 Å². The third-order valence-corrected chi connectivity index (χ3v) is 2.96. The Labute approximate surface area is 67.0 Å². The van der Waals surface area contributed by atoms with Crippen molar-refractivity contribution >= 4 is 0 Å². The lowest BCUT2D eigenvalue weighted by Gasteiger charge is -2.37. The summed E-state index contributed by atoms with van der Waals surface area (Å²) < 4.78 is 0. The Kier molecular flexibility index (Phi) is 1.30. The number of aryl methyl sites for hydroxylation is 1. The van der Waals surface area contributed by atoms with Crippen LogP contribution in [0.3, 0.4) is 0 Å². The summed E-state index contributed by atoms with van der Waals surface area (Å²) in [6.45, 7) is 0. The highest BCUT2D eigenvalue weighted by molar-refractivity contribution is 5.48. The van der Waals surface area contributed by atoms with Gasteiger partial charge in [-0.25, -0.2) is 0 Å². The second kappa shape index (κ2) is 2.08. The van der Waals surface area contributed by atoms with Crippen molar-refractivity contribution in [2.75, 3.05) is 0 Å². The maximum absolute atomic E-state index is 2.30. The first-order chi connectivity index (χ1) is 4.95. The minimum atomic E-state index is 0. The summed E-state index contributed by atoms with van der Waals surface area (Å²) in [7, 11) is 0. The first kappa shape index (κ1) is 6.86. The highest BCUT2D eigenvalue weighted by Gasteiger charge is 2.31. The monoisotopic (exact) mass is 147 g/mol. The molecule has 1 heteroatoms. The molecular formula is C10H13N. The number of rotatable bonds is 0. The molecule has 1 aromatic rings. The molecule has 4 bridgehead atoms. The van der Waals surface area contributed by atoms with Gasteiger partial charge in [0.25, 0.3) is 0 Å². The first-order valence-electron chi connectivity index (χ1n) is 4.06. The van der Waals surface area contributed by atoms with Gasteiger partial charge >= 0.3 is 0 Å². The maximum Gasteiger partial charge on any atom is -0.0115 e. The molecule has 0 aliphatic heterocycles. The van der Waals surface area contributed by atoms with Crippen molar-refractivity contribution in [3.05, 3.63) is 34.9 Å². The zero-order chi connectivity index (χ0) is 6.55. The van der Waals surface area contributed by atoms with Crippen molar-refractivity contribution in [1.29, 1.82) is 0 Å². The van der Waals surface area contributed by atoms with Crippen LogP contribution in [0.2, 0.25) is 0 Å². The minimum Gasteiger partial charge on any atom is -0.344 e. The normalized spacial score (nSPS) is 23.5. The topological polar surface area (TPSA) is 35.0 Å². The molecule has 1 atom stereocenters. The molecule has 0 saturated carbocycles. The number of hydrogen-bond acceptors (Lipinski definition) is 1. The van der Waals surface area contributed by atoms with Crippen LogP contribution in [-0.4, -0.2) is 0 Å². The van der Waals surface area contributed by atoms with E-state index in [4.69, 9.17) is 0 Å². The van der Waals surface area contributed by atoms with Gasteiger partial charge in [-0.05, 0) is 41.9 Å². The summed E-state index contributed by atoms with van der Waals surface area (Å²) in [5.41, 5.74) is 4.96. The SMILES string of the molecule is N.c1cc2c3c(c1)C(CC2)C3. The molecule has 0 aromatic heterocycles. The molecule has 3 N–H and O–H groups in total. The predicted molar refractivity (Wildman–Crippen MR) is 46.2 cm³/mol. The molecule has 58 valence electrons. The van der Waals surface area contributed by atoms with Crippen molar-refractivity contribution in [3.63, 3.8) is 0 Å². The highest BCUT2D eigenvalue weighted by Crippen LogP contribution is 2.44. The Morgan fingerprint density at radius 2 is 2.18 bits per heavy atom. The van der Waals surface area contributed by atoms with E-state index in [2.05, 4.69) is 18.2 Å². The van der Waals surface area contributed by atoms with E-state index in [0.717, 1.165) is 5.92 Å². The Hall–Kier alpha value is -0.820. The van der Waals surface area contributed by atoms with Gasteiger partial charge in [-0.3, -0.25) is 0 Å². The molecular weight excluding hydrogens is 134 g/mol. The van der Waals surface area contributed by atoms with E-state index < -0.39 is 0 Å². The Balaban J connectivity index is 0.000000480. The van der Waals surface area contributed by atoms with Gasteiger partial charge in [0.2, 0.25) is 0 Å². The van der Waals surface area contributed by atoms with Gasteiger partial charge in [0.05, 0.1) is 0 Å². The van der Waals surface area contributed by atoms with Gasteiger partial charge in [-0.15, -0.1) is 0 Å². The van der Waals surface area contributed by atoms with E-state index in [-0.39, 0.29) is 6.15 Å². The zero-order valence-corrected chi connectivity index (χ0v) is 6.64. The van der Waals surface area contributed by atoms with Crippen molar-refractivity contribution in [3.8, 4) is 0 Å². The Morgan fingerprint density at radius 1 is 1.27 bits per heavy atom. The van der Waals surface area contributed by atoms with Gasteiger partial charge in [0.1, 0.15) is 0 Å². The van der Waals surface area contributed by atoms with Crippen LogP contribution in [0.5, 0.6) is 0 Å². The molecule has 0 heterocycles. The van der Waals surface area contributed by atoms with E-state index in [1.807, 2.05) is 0 Å². The molecule has 11 heavy (non-hydrogen) atoms. The molecule has 1 nitrogen and oxygen atoms in total. The Bertz CT molecular complexity index is 277. The van der Waals surface area contributed by atoms with E-state index in [1.54, 1.807) is 16.7 Å². The fourth-order valence-electron chi connectivity index (χ4n) is 2.33.